The summed E-state index contributed by atoms with van der Waals surface area (Å²) in [6.07, 6.45) is 1.66. The van der Waals surface area contributed by atoms with E-state index in [1.165, 1.54) is 13.2 Å². The number of ether oxygens (including phenoxy) is 1. The smallest absolute Gasteiger partial charge is 0.337 e. The average molecular weight is 272 g/mol. The third kappa shape index (κ3) is 3.05. The van der Waals surface area contributed by atoms with Crippen LogP contribution in [0.15, 0.2) is 42.5 Å². The Morgan fingerprint density at radius 3 is 2.30 bits per heavy atom. The second kappa shape index (κ2) is 6.33. The van der Waals surface area contributed by atoms with Gasteiger partial charge < -0.3 is 4.74 Å². The average Bonchev–Trinajstić information content (AvgIpc) is 2.49. The molecule has 0 N–H and O–H groups in total. The van der Waals surface area contributed by atoms with Gasteiger partial charge in [-0.1, -0.05) is 37.6 Å². The zero-order valence-electron chi connectivity index (χ0n) is 11.7. The molecule has 0 aromatic heterocycles. The van der Waals surface area contributed by atoms with E-state index in [-0.39, 0.29) is 11.8 Å². The van der Waals surface area contributed by atoms with Gasteiger partial charge in [-0.3, -0.25) is 0 Å². The van der Waals surface area contributed by atoms with E-state index in [0.29, 0.717) is 5.56 Å². The zero-order chi connectivity index (χ0) is 14.5. The van der Waals surface area contributed by atoms with E-state index in [0.717, 1.165) is 29.5 Å². The number of hydrogen-bond acceptors (Lipinski definition) is 2. The maximum atomic E-state index is 13.9. The van der Waals surface area contributed by atoms with Crippen LogP contribution in [0.5, 0.6) is 0 Å². The van der Waals surface area contributed by atoms with Gasteiger partial charge >= 0.3 is 5.97 Å². The first-order chi connectivity index (χ1) is 9.65. The van der Waals surface area contributed by atoms with Crippen LogP contribution in [-0.2, 0) is 11.2 Å². The number of halogens is 1. The molecule has 0 fully saturated rings. The van der Waals surface area contributed by atoms with Gasteiger partial charge in [-0.2, -0.15) is 0 Å². The molecule has 2 aromatic carbocycles. The fourth-order valence-corrected chi connectivity index (χ4v) is 2.12. The number of carbonyl (C=O) groups is 1. The molecule has 0 aliphatic rings. The van der Waals surface area contributed by atoms with Gasteiger partial charge in [-0.25, -0.2) is 9.18 Å². The largest absolute Gasteiger partial charge is 0.465 e. The monoisotopic (exact) mass is 272 g/mol. The van der Waals surface area contributed by atoms with Crippen LogP contribution in [0, 0.1) is 5.82 Å². The summed E-state index contributed by atoms with van der Waals surface area (Å²) in [5.41, 5.74) is 2.90. The van der Waals surface area contributed by atoms with Gasteiger partial charge in [0, 0.05) is 0 Å². The summed E-state index contributed by atoms with van der Waals surface area (Å²) in [6.45, 7) is 2.03. The highest BCUT2D eigenvalue weighted by atomic mass is 19.1. The van der Waals surface area contributed by atoms with Gasteiger partial charge in [0.05, 0.1) is 12.7 Å². The molecule has 0 radical (unpaired) electrons. The Balaban J connectivity index is 2.27. The van der Waals surface area contributed by atoms with Crippen molar-refractivity contribution in [2.45, 2.75) is 19.8 Å². The molecule has 2 rings (SSSR count). The van der Waals surface area contributed by atoms with Gasteiger partial charge in [-0.15, -0.1) is 0 Å². The molecular formula is C17H17FO2. The Hall–Kier alpha value is -2.16. The highest BCUT2D eigenvalue weighted by Gasteiger charge is 2.07. The summed E-state index contributed by atoms with van der Waals surface area (Å²) in [7, 11) is 1.35. The van der Waals surface area contributed by atoms with E-state index in [1.54, 1.807) is 24.3 Å². The molecular weight excluding hydrogens is 255 g/mol. The number of rotatable bonds is 4. The van der Waals surface area contributed by atoms with Crippen molar-refractivity contribution in [1.29, 1.82) is 0 Å². The van der Waals surface area contributed by atoms with Crippen molar-refractivity contribution < 1.29 is 13.9 Å². The molecule has 0 aliphatic heterocycles. The van der Waals surface area contributed by atoms with Gasteiger partial charge in [0.2, 0.25) is 0 Å². The molecule has 2 aromatic rings. The summed E-state index contributed by atoms with van der Waals surface area (Å²) in [5.74, 6) is -0.553. The third-order valence-electron chi connectivity index (χ3n) is 3.21. The third-order valence-corrected chi connectivity index (χ3v) is 3.21. The first kappa shape index (κ1) is 14.3. The Kier molecular flexibility index (Phi) is 4.51. The number of aryl methyl sites for hydroxylation is 1. The topological polar surface area (TPSA) is 26.3 Å². The SMILES string of the molecule is CCCc1ccc(-c2ccc(C(=O)OC)cc2)cc1F. The number of methoxy groups -OCH3 is 1. The lowest BCUT2D eigenvalue weighted by Crippen LogP contribution is -2.00. The molecule has 0 saturated carbocycles. The Morgan fingerprint density at radius 1 is 1.10 bits per heavy atom. The van der Waals surface area contributed by atoms with E-state index in [9.17, 15) is 9.18 Å². The summed E-state index contributed by atoms with van der Waals surface area (Å²) < 4.78 is 18.6. The van der Waals surface area contributed by atoms with Crippen LogP contribution in [0.4, 0.5) is 4.39 Å². The predicted molar refractivity (Wildman–Crippen MR) is 77.2 cm³/mol. The van der Waals surface area contributed by atoms with E-state index >= 15 is 0 Å². The van der Waals surface area contributed by atoms with E-state index in [1.807, 2.05) is 19.1 Å². The molecule has 0 spiro atoms. The summed E-state index contributed by atoms with van der Waals surface area (Å²) in [6, 6.07) is 12.2. The normalized spacial score (nSPS) is 10.3. The lowest BCUT2D eigenvalue weighted by Gasteiger charge is -2.06. The standard InChI is InChI=1S/C17H17FO2/c1-3-4-13-7-10-15(11-16(13)18)12-5-8-14(9-6-12)17(19)20-2/h5-11H,3-4H2,1-2H3. The Labute approximate surface area is 118 Å². The minimum atomic E-state index is -0.374. The molecule has 0 amide bonds. The molecule has 0 aliphatic carbocycles. The number of esters is 1. The van der Waals surface area contributed by atoms with Crippen molar-refractivity contribution in [3.05, 3.63) is 59.4 Å². The predicted octanol–water partition coefficient (Wildman–Crippen LogP) is 4.23. The summed E-state index contributed by atoms with van der Waals surface area (Å²) in [5, 5.41) is 0. The van der Waals surface area contributed by atoms with Gasteiger partial charge in [0.1, 0.15) is 5.82 Å². The molecule has 0 bridgehead atoms. The number of hydrogen-bond donors (Lipinski definition) is 0. The lowest BCUT2D eigenvalue weighted by atomic mass is 10.0. The van der Waals surface area contributed by atoms with Crippen LogP contribution < -0.4 is 0 Å². The Bertz CT molecular complexity index is 603. The van der Waals surface area contributed by atoms with Crippen molar-refractivity contribution in [2.75, 3.05) is 7.11 Å². The lowest BCUT2D eigenvalue weighted by molar-refractivity contribution is 0.0601. The fourth-order valence-electron chi connectivity index (χ4n) is 2.12. The van der Waals surface area contributed by atoms with Gasteiger partial charge in [0.15, 0.2) is 0 Å². The number of benzene rings is 2. The molecule has 0 unspecified atom stereocenters. The quantitative estimate of drug-likeness (QED) is 0.778. The maximum Gasteiger partial charge on any atom is 0.337 e. The Morgan fingerprint density at radius 2 is 1.75 bits per heavy atom. The van der Waals surface area contributed by atoms with Crippen LogP contribution in [0.2, 0.25) is 0 Å². The first-order valence-corrected chi connectivity index (χ1v) is 6.63. The maximum absolute atomic E-state index is 13.9. The van der Waals surface area contributed by atoms with Crippen molar-refractivity contribution in [3.63, 3.8) is 0 Å². The van der Waals surface area contributed by atoms with Crippen molar-refractivity contribution >= 4 is 5.97 Å². The highest BCUT2D eigenvalue weighted by molar-refractivity contribution is 5.89. The van der Waals surface area contributed by atoms with Crippen LogP contribution in [-0.4, -0.2) is 13.1 Å². The second-order valence-electron chi connectivity index (χ2n) is 4.63. The molecule has 104 valence electrons. The molecule has 3 heteroatoms. The number of carbonyl (C=O) groups excluding carboxylic acids is 1. The van der Waals surface area contributed by atoms with Crippen molar-refractivity contribution in [3.8, 4) is 11.1 Å². The minimum Gasteiger partial charge on any atom is -0.465 e. The van der Waals surface area contributed by atoms with E-state index < -0.39 is 0 Å². The van der Waals surface area contributed by atoms with Gasteiger partial charge in [0.25, 0.3) is 0 Å². The molecule has 20 heavy (non-hydrogen) atoms. The molecule has 0 heterocycles. The zero-order valence-corrected chi connectivity index (χ0v) is 11.7. The highest BCUT2D eigenvalue weighted by Crippen LogP contribution is 2.23. The minimum absolute atomic E-state index is 0.179. The molecule has 0 atom stereocenters. The van der Waals surface area contributed by atoms with Crippen molar-refractivity contribution in [2.24, 2.45) is 0 Å². The van der Waals surface area contributed by atoms with Crippen molar-refractivity contribution in [1.82, 2.24) is 0 Å². The van der Waals surface area contributed by atoms with Crippen LogP contribution in [0.3, 0.4) is 0 Å². The summed E-state index contributed by atoms with van der Waals surface area (Å²) in [4.78, 5) is 11.3. The second-order valence-corrected chi connectivity index (χ2v) is 4.63. The summed E-state index contributed by atoms with van der Waals surface area (Å²) >= 11 is 0. The van der Waals surface area contributed by atoms with E-state index in [4.69, 9.17) is 0 Å². The van der Waals surface area contributed by atoms with Crippen LogP contribution >= 0.6 is 0 Å². The fraction of sp³-hybridized carbons (Fsp3) is 0.235. The molecule has 2 nitrogen and oxygen atoms in total. The van der Waals surface area contributed by atoms with E-state index in [2.05, 4.69) is 4.74 Å². The first-order valence-electron chi connectivity index (χ1n) is 6.63. The van der Waals surface area contributed by atoms with Crippen LogP contribution in [0.25, 0.3) is 11.1 Å². The van der Waals surface area contributed by atoms with Gasteiger partial charge in [-0.05, 0) is 41.3 Å². The molecule has 0 saturated heterocycles. The van der Waals surface area contributed by atoms with Crippen LogP contribution in [0.1, 0.15) is 29.3 Å².